The van der Waals surface area contributed by atoms with Crippen LogP contribution in [0.4, 0.5) is 0 Å². The summed E-state index contributed by atoms with van der Waals surface area (Å²) in [6.07, 6.45) is 9.39. The molecule has 7 heteroatoms. The third-order valence-corrected chi connectivity index (χ3v) is 6.71. The first-order chi connectivity index (χ1) is 20.3. The standard InChI is InChI=1S/C35H37N3O4/c1-8-14-26-19-25(20-32(41-11-4)33(26)42-17-9-2)22-36-38-34(37-30-16-13-12-15-27(30)35(38)39)29-21-28(23(5)6)31(40-10-3)18-24(29)7/h2,8,12-13,15-16,18-23H,1,10-11,14,17H2,3-7H3. The molecule has 0 atom stereocenters. The summed E-state index contributed by atoms with van der Waals surface area (Å²) in [4.78, 5) is 18.8. The summed E-state index contributed by atoms with van der Waals surface area (Å²) in [5, 5.41) is 5.18. The molecule has 216 valence electrons. The van der Waals surface area contributed by atoms with E-state index in [-0.39, 0.29) is 18.1 Å². The smallest absolute Gasteiger partial charge is 0.282 e. The van der Waals surface area contributed by atoms with E-state index in [1.54, 1.807) is 18.4 Å². The van der Waals surface area contributed by atoms with Crippen molar-refractivity contribution in [1.29, 1.82) is 0 Å². The number of hydrogen-bond acceptors (Lipinski definition) is 6. The quantitative estimate of drug-likeness (QED) is 0.106. The predicted molar refractivity (Wildman–Crippen MR) is 170 cm³/mol. The van der Waals surface area contributed by atoms with E-state index in [0.717, 1.165) is 33.6 Å². The molecule has 0 radical (unpaired) electrons. The fourth-order valence-corrected chi connectivity index (χ4v) is 4.81. The number of ether oxygens (including phenoxy) is 3. The van der Waals surface area contributed by atoms with Crippen molar-refractivity contribution in [3.8, 4) is 41.0 Å². The van der Waals surface area contributed by atoms with Gasteiger partial charge in [0.2, 0.25) is 0 Å². The third kappa shape index (κ3) is 6.39. The molecule has 4 aromatic rings. The fourth-order valence-electron chi connectivity index (χ4n) is 4.81. The maximum atomic E-state index is 13.9. The molecule has 0 aliphatic heterocycles. The predicted octanol–water partition coefficient (Wildman–Crippen LogP) is 6.92. The minimum absolute atomic E-state index is 0.110. The van der Waals surface area contributed by atoms with Gasteiger partial charge < -0.3 is 14.2 Å². The average Bonchev–Trinajstić information content (AvgIpc) is 2.97. The number of hydrogen-bond donors (Lipinski definition) is 0. The molecule has 0 saturated carbocycles. The summed E-state index contributed by atoms with van der Waals surface area (Å²) in [5.41, 5.74) is 4.68. The second kappa shape index (κ2) is 13.7. The zero-order valence-electron chi connectivity index (χ0n) is 24.9. The molecule has 1 heterocycles. The highest BCUT2D eigenvalue weighted by Gasteiger charge is 2.19. The molecule has 0 bridgehead atoms. The topological polar surface area (TPSA) is 74.9 Å². The maximum absolute atomic E-state index is 13.9. The van der Waals surface area contributed by atoms with Crippen LogP contribution in [0.25, 0.3) is 22.3 Å². The Bertz CT molecular complexity index is 1730. The van der Waals surface area contributed by atoms with Crippen molar-refractivity contribution in [2.45, 2.75) is 47.0 Å². The molecule has 0 aliphatic carbocycles. The largest absolute Gasteiger partial charge is 0.494 e. The van der Waals surface area contributed by atoms with E-state index in [1.165, 1.54) is 4.68 Å². The molecule has 0 saturated heterocycles. The van der Waals surface area contributed by atoms with Gasteiger partial charge >= 0.3 is 0 Å². The average molecular weight is 564 g/mol. The van der Waals surface area contributed by atoms with Gasteiger partial charge in [-0.1, -0.05) is 38.0 Å². The van der Waals surface area contributed by atoms with Gasteiger partial charge in [0.25, 0.3) is 5.56 Å². The summed E-state index contributed by atoms with van der Waals surface area (Å²) in [6, 6.07) is 15.1. The first-order valence-corrected chi connectivity index (χ1v) is 14.1. The lowest BCUT2D eigenvalue weighted by atomic mass is 9.96. The molecule has 0 N–H and O–H groups in total. The zero-order chi connectivity index (χ0) is 30.2. The fraction of sp³-hybridized carbons (Fsp3) is 0.286. The SMILES string of the molecule is C#CCOc1c(CC=C)cc(C=Nn2c(-c3cc(C(C)C)c(OCC)cc3C)nc3ccccc3c2=O)cc1OCC. The van der Waals surface area contributed by atoms with E-state index < -0.39 is 0 Å². The summed E-state index contributed by atoms with van der Waals surface area (Å²) in [7, 11) is 0. The van der Waals surface area contributed by atoms with Gasteiger partial charge in [-0.2, -0.15) is 9.78 Å². The molecule has 4 rings (SSSR count). The van der Waals surface area contributed by atoms with Gasteiger partial charge in [-0.3, -0.25) is 4.79 Å². The Kier molecular flexibility index (Phi) is 9.82. The number of para-hydroxylation sites is 1. The van der Waals surface area contributed by atoms with Crippen molar-refractivity contribution < 1.29 is 14.2 Å². The highest BCUT2D eigenvalue weighted by Crippen LogP contribution is 2.35. The number of aromatic nitrogens is 2. The molecule has 42 heavy (non-hydrogen) atoms. The normalized spacial score (nSPS) is 11.2. The van der Waals surface area contributed by atoms with Gasteiger partial charge in [-0.15, -0.1) is 13.0 Å². The van der Waals surface area contributed by atoms with Crippen LogP contribution in [-0.2, 0) is 6.42 Å². The van der Waals surface area contributed by atoms with Crippen LogP contribution in [0.3, 0.4) is 0 Å². The summed E-state index contributed by atoms with van der Waals surface area (Å²) in [6.45, 7) is 15.1. The number of benzene rings is 3. The van der Waals surface area contributed by atoms with Crippen molar-refractivity contribution in [3.05, 3.63) is 93.8 Å². The molecule has 3 aromatic carbocycles. The lowest BCUT2D eigenvalue weighted by molar-refractivity contribution is 0.297. The molecule has 0 unspecified atom stereocenters. The first kappa shape index (κ1) is 30.1. The minimum Gasteiger partial charge on any atom is -0.494 e. The van der Waals surface area contributed by atoms with Crippen LogP contribution in [0.15, 0.2) is 71.1 Å². The Hall–Kier alpha value is -4.83. The number of aryl methyl sites for hydroxylation is 1. The third-order valence-electron chi connectivity index (χ3n) is 6.71. The molecule has 0 spiro atoms. The van der Waals surface area contributed by atoms with Crippen LogP contribution in [0.2, 0.25) is 0 Å². The van der Waals surface area contributed by atoms with Crippen molar-refractivity contribution >= 4 is 17.1 Å². The van der Waals surface area contributed by atoms with Gasteiger partial charge in [0.15, 0.2) is 17.3 Å². The van der Waals surface area contributed by atoms with E-state index in [0.29, 0.717) is 47.9 Å². The number of fused-ring (bicyclic) bond motifs is 1. The van der Waals surface area contributed by atoms with Crippen LogP contribution in [0.5, 0.6) is 17.2 Å². The lowest BCUT2D eigenvalue weighted by Gasteiger charge is -2.18. The number of allylic oxidation sites excluding steroid dienone is 1. The Labute approximate surface area is 247 Å². The molecule has 1 aromatic heterocycles. The number of rotatable bonds is 12. The summed E-state index contributed by atoms with van der Waals surface area (Å²) >= 11 is 0. The van der Waals surface area contributed by atoms with Gasteiger partial charge in [0.05, 0.1) is 30.3 Å². The number of nitrogens with zero attached hydrogens (tertiary/aromatic N) is 3. The Morgan fingerprint density at radius 1 is 1.07 bits per heavy atom. The van der Waals surface area contributed by atoms with Gasteiger partial charge in [0.1, 0.15) is 12.4 Å². The van der Waals surface area contributed by atoms with Crippen LogP contribution in [-0.4, -0.2) is 35.7 Å². The van der Waals surface area contributed by atoms with Gasteiger partial charge in [-0.05, 0) is 86.2 Å². The second-order valence-corrected chi connectivity index (χ2v) is 10.0. The minimum atomic E-state index is -0.267. The molecular formula is C35H37N3O4. The molecule has 0 fully saturated rings. The summed E-state index contributed by atoms with van der Waals surface area (Å²) in [5.74, 6) is 5.09. The van der Waals surface area contributed by atoms with E-state index in [2.05, 4.69) is 32.4 Å². The van der Waals surface area contributed by atoms with Crippen LogP contribution < -0.4 is 19.8 Å². The van der Waals surface area contributed by atoms with E-state index in [4.69, 9.17) is 30.7 Å². The highest BCUT2D eigenvalue weighted by molar-refractivity contribution is 5.83. The number of terminal acetylenes is 1. The van der Waals surface area contributed by atoms with Gasteiger partial charge in [-0.25, -0.2) is 4.98 Å². The Morgan fingerprint density at radius 3 is 2.50 bits per heavy atom. The molecule has 7 nitrogen and oxygen atoms in total. The molecule has 0 amide bonds. The van der Waals surface area contributed by atoms with Crippen LogP contribution >= 0.6 is 0 Å². The molecule has 0 aliphatic rings. The molecular weight excluding hydrogens is 526 g/mol. The second-order valence-electron chi connectivity index (χ2n) is 10.0. The van der Waals surface area contributed by atoms with Crippen molar-refractivity contribution in [1.82, 2.24) is 9.66 Å². The van der Waals surface area contributed by atoms with Crippen LogP contribution in [0, 0.1) is 19.3 Å². The van der Waals surface area contributed by atoms with E-state index >= 15 is 0 Å². The van der Waals surface area contributed by atoms with Crippen molar-refractivity contribution in [3.63, 3.8) is 0 Å². The highest BCUT2D eigenvalue weighted by atomic mass is 16.5. The van der Waals surface area contributed by atoms with Gasteiger partial charge in [0, 0.05) is 11.1 Å². The maximum Gasteiger partial charge on any atom is 0.282 e. The van der Waals surface area contributed by atoms with Crippen molar-refractivity contribution in [2.24, 2.45) is 5.10 Å². The van der Waals surface area contributed by atoms with E-state index in [1.807, 2.05) is 57.2 Å². The Morgan fingerprint density at radius 2 is 1.81 bits per heavy atom. The van der Waals surface area contributed by atoms with E-state index in [9.17, 15) is 4.79 Å². The first-order valence-electron chi connectivity index (χ1n) is 14.1. The lowest BCUT2D eigenvalue weighted by Crippen LogP contribution is -2.21. The van der Waals surface area contributed by atoms with Crippen LogP contribution in [0.1, 0.15) is 55.9 Å². The van der Waals surface area contributed by atoms with Crippen molar-refractivity contribution in [2.75, 3.05) is 19.8 Å². The zero-order valence-corrected chi connectivity index (χ0v) is 24.9. The monoisotopic (exact) mass is 563 g/mol. The summed E-state index contributed by atoms with van der Waals surface area (Å²) < 4.78 is 19.0. The Balaban J connectivity index is 1.94.